The standard InChI is InChI=1S/C15H19NO3/c1-11(9-15(18)19)10-16-14(17)8-7-13-6-4-3-5-12(13)2/h3-8,11H,9-10H2,1-2H3,(H,16,17)(H,18,19)/b8-7+. The summed E-state index contributed by atoms with van der Waals surface area (Å²) in [4.78, 5) is 22.0. The average Bonchev–Trinajstić information content (AvgIpc) is 2.34. The summed E-state index contributed by atoms with van der Waals surface area (Å²) in [6, 6.07) is 7.78. The van der Waals surface area contributed by atoms with E-state index in [1.807, 2.05) is 31.2 Å². The molecule has 2 N–H and O–H groups in total. The number of benzene rings is 1. The summed E-state index contributed by atoms with van der Waals surface area (Å²) in [5, 5.41) is 11.3. The Labute approximate surface area is 113 Å². The highest BCUT2D eigenvalue weighted by Crippen LogP contribution is 2.08. The largest absolute Gasteiger partial charge is 0.481 e. The third-order valence-corrected chi connectivity index (χ3v) is 2.75. The highest BCUT2D eigenvalue weighted by Gasteiger charge is 2.07. The third kappa shape index (κ3) is 5.86. The summed E-state index contributed by atoms with van der Waals surface area (Å²) in [6.07, 6.45) is 3.28. The number of rotatable bonds is 6. The molecule has 4 heteroatoms. The first-order chi connectivity index (χ1) is 8.99. The first-order valence-electron chi connectivity index (χ1n) is 6.22. The quantitative estimate of drug-likeness (QED) is 0.772. The SMILES string of the molecule is Cc1ccccc1/C=C/C(=O)NCC(C)CC(=O)O. The predicted molar refractivity (Wildman–Crippen MR) is 74.6 cm³/mol. The van der Waals surface area contributed by atoms with E-state index in [2.05, 4.69) is 5.32 Å². The van der Waals surface area contributed by atoms with Crippen LogP contribution in [0.5, 0.6) is 0 Å². The molecule has 0 fully saturated rings. The van der Waals surface area contributed by atoms with Gasteiger partial charge in [0.05, 0.1) is 0 Å². The van der Waals surface area contributed by atoms with Crippen LogP contribution in [-0.2, 0) is 9.59 Å². The van der Waals surface area contributed by atoms with Gasteiger partial charge in [0.15, 0.2) is 0 Å². The Balaban J connectivity index is 2.43. The van der Waals surface area contributed by atoms with Crippen LogP contribution in [-0.4, -0.2) is 23.5 Å². The van der Waals surface area contributed by atoms with E-state index >= 15 is 0 Å². The highest BCUT2D eigenvalue weighted by molar-refractivity contribution is 5.91. The lowest BCUT2D eigenvalue weighted by Gasteiger charge is -2.08. The monoisotopic (exact) mass is 261 g/mol. The lowest BCUT2D eigenvalue weighted by atomic mass is 10.1. The number of carbonyl (C=O) groups excluding carboxylic acids is 1. The molecule has 1 unspecified atom stereocenters. The van der Waals surface area contributed by atoms with Gasteiger partial charge in [-0.1, -0.05) is 31.2 Å². The highest BCUT2D eigenvalue weighted by atomic mass is 16.4. The van der Waals surface area contributed by atoms with Gasteiger partial charge in [0.1, 0.15) is 0 Å². The minimum atomic E-state index is -0.850. The molecule has 0 aromatic heterocycles. The fourth-order valence-corrected chi connectivity index (χ4v) is 1.64. The van der Waals surface area contributed by atoms with Gasteiger partial charge in [-0.25, -0.2) is 0 Å². The number of carboxylic acid groups (broad SMARTS) is 1. The van der Waals surface area contributed by atoms with Crippen molar-refractivity contribution in [3.8, 4) is 0 Å². The van der Waals surface area contributed by atoms with Gasteiger partial charge in [-0.2, -0.15) is 0 Å². The molecule has 0 spiro atoms. The number of aryl methyl sites for hydroxylation is 1. The Morgan fingerprint density at radius 3 is 2.68 bits per heavy atom. The van der Waals surface area contributed by atoms with Crippen LogP contribution in [0.4, 0.5) is 0 Å². The van der Waals surface area contributed by atoms with Gasteiger partial charge in [0, 0.05) is 19.0 Å². The number of nitrogens with one attached hydrogen (secondary N) is 1. The maximum absolute atomic E-state index is 11.6. The molecule has 0 saturated heterocycles. The zero-order valence-corrected chi connectivity index (χ0v) is 11.2. The van der Waals surface area contributed by atoms with Crippen molar-refractivity contribution in [2.45, 2.75) is 20.3 Å². The van der Waals surface area contributed by atoms with Crippen LogP contribution in [0, 0.1) is 12.8 Å². The van der Waals surface area contributed by atoms with E-state index in [-0.39, 0.29) is 18.2 Å². The van der Waals surface area contributed by atoms with E-state index in [9.17, 15) is 9.59 Å². The summed E-state index contributed by atoms with van der Waals surface area (Å²) in [7, 11) is 0. The smallest absolute Gasteiger partial charge is 0.303 e. The number of carboxylic acids is 1. The van der Waals surface area contributed by atoms with E-state index < -0.39 is 5.97 Å². The zero-order valence-electron chi connectivity index (χ0n) is 11.2. The van der Waals surface area contributed by atoms with Crippen LogP contribution in [0.25, 0.3) is 6.08 Å². The lowest BCUT2D eigenvalue weighted by Crippen LogP contribution is -2.27. The molecule has 1 amide bonds. The first-order valence-corrected chi connectivity index (χ1v) is 6.22. The van der Waals surface area contributed by atoms with Gasteiger partial charge in [0.25, 0.3) is 0 Å². The zero-order chi connectivity index (χ0) is 14.3. The van der Waals surface area contributed by atoms with Crippen molar-refractivity contribution in [3.63, 3.8) is 0 Å². The number of amides is 1. The number of hydrogen-bond donors (Lipinski definition) is 2. The molecule has 0 radical (unpaired) electrons. The van der Waals surface area contributed by atoms with Crippen LogP contribution in [0.3, 0.4) is 0 Å². The second-order valence-electron chi connectivity index (χ2n) is 4.64. The number of carbonyl (C=O) groups is 2. The fourth-order valence-electron chi connectivity index (χ4n) is 1.64. The van der Waals surface area contributed by atoms with E-state index in [1.165, 1.54) is 6.08 Å². The van der Waals surface area contributed by atoms with Crippen molar-refractivity contribution >= 4 is 18.0 Å². The lowest BCUT2D eigenvalue weighted by molar-refractivity contribution is -0.138. The van der Waals surface area contributed by atoms with Gasteiger partial charge in [0.2, 0.25) is 5.91 Å². The Bertz CT molecular complexity index is 480. The molecule has 0 saturated carbocycles. The summed E-state index contributed by atoms with van der Waals surface area (Å²) in [5.41, 5.74) is 2.10. The molecule has 0 aliphatic carbocycles. The molecule has 4 nitrogen and oxygen atoms in total. The Morgan fingerprint density at radius 2 is 2.05 bits per heavy atom. The molecule has 1 rings (SSSR count). The Hall–Kier alpha value is -2.10. The molecule has 0 aliphatic heterocycles. The minimum Gasteiger partial charge on any atom is -0.481 e. The minimum absolute atomic E-state index is 0.0573. The van der Waals surface area contributed by atoms with Crippen LogP contribution in [0.1, 0.15) is 24.5 Å². The van der Waals surface area contributed by atoms with Gasteiger partial charge in [-0.3, -0.25) is 9.59 Å². The van der Waals surface area contributed by atoms with E-state index in [1.54, 1.807) is 13.0 Å². The molecule has 0 aliphatic rings. The van der Waals surface area contributed by atoms with Crippen LogP contribution < -0.4 is 5.32 Å². The molecule has 1 aromatic rings. The third-order valence-electron chi connectivity index (χ3n) is 2.75. The molecule has 0 heterocycles. The Morgan fingerprint density at radius 1 is 1.37 bits per heavy atom. The summed E-state index contributed by atoms with van der Waals surface area (Å²) < 4.78 is 0. The summed E-state index contributed by atoms with van der Waals surface area (Å²) in [5.74, 6) is -1.13. The van der Waals surface area contributed by atoms with Crippen molar-refractivity contribution < 1.29 is 14.7 Å². The topological polar surface area (TPSA) is 66.4 Å². The van der Waals surface area contributed by atoms with Crippen molar-refractivity contribution in [1.82, 2.24) is 5.32 Å². The van der Waals surface area contributed by atoms with Crippen molar-refractivity contribution in [2.24, 2.45) is 5.92 Å². The fraction of sp³-hybridized carbons (Fsp3) is 0.333. The van der Waals surface area contributed by atoms with Gasteiger partial charge >= 0.3 is 5.97 Å². The first kappa shape index (κ1) is 15.0. The summed E-state index contributed by atoms with van der Waals surface area (Å²) in [6.45, 7) is 4.13. The molecule has 102 valence electrons. The van der Waals surface area contributed by atoms with E-state index in [0.29, 0.717) is 6.54 Å². The normalized spacial score (nSPS) is 12.3. The van der Waals surface area contributed by atoms with Gasteiger partial charge in [-0.05, 0) is 30.0 Å². The van der Waals surface area contributed by atoms with Crippen molar-refractivity contribution in [3.05, 3.63) is 41.5 Å². The maximum atomic E-state index is 11.6. The predicted octanol–water partition coefficient (Wildman–Crippen LogP) is 2.24. The molecule has 19 heavy (non-hydrogen) atoms. The van der Waals surface area contributed by atoms with Gasteiger partial charge in [-0.15, -0.1) is 0 Å². The van der Waals surface area contributed by atoms with E-state index in [0.717, 1.165) is 11.1 Å². The number of hydrogen-bond acceptors (Lipinski definition) is 2. The molecule has 0 bridgehead atoms. The average molecular weight is 261 g/mol. The van der Waals surface area contributed by atoms with Crippen LogP contribution in [0.2, 0.25) is 0 Å². The van der Waals surface area contributed by atoms with Crippen molar-refractivity contribution in [2.75, 3.05) is 6.54 Å². The second-order valence-corrected chi connectivity index (χ2v) is 4.64. The Kier molecular flexibility index (Phi) is 5.79. The van der Waals surface area contributed by atoms with E-state index in [4.69, 9.17) is 5.11 Å². The van der Waals surface area contributed by atoms with Crippen LogP contribution in [0.15, 0.2) is 30.3 Å². The van der Waals surface area contributed by atoms with Crippen molar-refractivity contribution in [1.29, 1.82) is 0 Å². The number of aliphatic carboxylic acids is 1. The molecule has 1 aromatic carbocycles. The van der Waals surface area contributed by atoms with Crippen LogP contribution >= 0.6 is 0 Å². The maximum Gasteiger partial charge on any atom is 0.303 e. The molecular weight excluding hydrogens is 242 g/mol. The molecular formula is C15H19NO3. The van der Waals surface area contributed by atoms with Gasteiger partial charge < -0.3 is 10.4 Å². The summed E-state index contributed by atoms with van der Waals surface area (Å²) >= 11 is 0. The second kappa shape index (κ2) is 7.36. The molecule has 1 atom stereocenters.